The molecule has 0 atom stereocenters. The molecule has 0 spiro atoms. The summed E-state index contributed by atoms with van der Waals surface area (Å²) in [5.74, 6) is 3.00. The number of hydrogen-bond acceptors (Lipinski definition) is 18. The number of aromatic amines is 3. The minimum absolute atomic E-state index is 0. The Morgan fingerprint density at radius 3 is 0.716 bits per heavy atom. The maximum absolute atomic E-state index is 3.89. The van der Waals surface area contributed by atoms with Crippen LogP contribution in [0, 0.1) is 41.3 Å². The van der Waals surface area contributed by atoms with Crippen LogP contribution in [-0.2, 0) is 49.3 Å². The fourth-order valence-corrected chi connectivity index (χ4v) is 4.02. The van der Waals surface area contributed by atoms with Crippen LogP contribution >= 0.6 is 0 Å². The summed E-state index contributed by atoms with van der Waals surface area (Å²) in [7, 11) is 0. The molecule has 0 aliphatic heterocycles. The van der Waals surface area contributed by atoms with Crippen molar-refractivity contribution in [3.63, 3.8) is 0 Å². The molecule has 48 N–H and O–H groups in total. The smallest absolute Gasteiger partial charge is 0.457 e. The second-order valence-corrected chi connectivity index (χ2v) is 9.06. The van der Waals surface area contributed by atoms with Gasteiger partial charge in [-0.15, -0.1) is 30.6 Å². The van der Waals surface area contributed by atoms with Gasteiger partial charge in [0.05, 0.1) is 0 Å². The molecule has 43 heteroatoms. The summed E-state index contributed by atoms with van der Waals surface area (Å²) in [6, 6.07) is 22.3. The van der Waals surface area contributed by atoms with Gasteiger partial charge in [-0.25, -0.2) is 0 Å². The minimum atomic E-state index is 0. The molecular weight excluding hydrogens is 1050 g/mol. The van der Waals surface area contributed by atoms with Crippen LogP contribution in [0.2, 0.25) is 0 Å². The second-order valence-electron chi connectivity index (χ2n) is 9.06. The molecule has 0 aliphatic rings. The molecule has 0 amide bonds. The van der Waals surface area contributed by atoms with Gasteiger partial charge >= 0.3 is 41.3 Å². The van der Waals surface area contributed by atoms with Crippen molar-refractivity contribution in [3.8, 4) is 68.3 Å². The third-order valence-corrected chi connectivity index (χ3v) is 6.13. The predicted molar refractivity (Wildman–Crippen MR) is 232 cm³/mol. The molecule has 9 rings (SSSR count). The number of hydrogen-bond donors (Lipinski definition) is 3. The monoisotopic (exact) mass is 1110 g/mol. The van der Waals surface area contributed by atoms with E-state index in [1.54, 1.807) is 0 Å². The molecular formula is C24H60N24O18Pr+9. The first kappa shape index (κ1) is 94.3. The van der Waals surface area contributed by atoms with Crippen LogP contribution in [0.4, 0.5) is 0 Å². The molecule has 67 heavy (non-hydrogen) atoms. The molecule has 0 fully saturated rings. The Labute approximate surface area is 403 Å². The molecule has 0 bridgehead atoms. The third kappa shape index (κ3) is 24.0. The SMILES string of the molecule is O.O.O.O.O.O.O.O.O.[OH3+].[OH3+].[OH3+].[OH3+].[OH3+].[OH3+].[OH3+].[OH3+].[OH3+].[Pr+3].c1cc(-c2nn[nH]n2)cc(-c2nnn[n-]2)c1.c1cc(-c2nn[nH]n2)cc(-c2nnn[n-]2)c1.c1cc(-c2nn[nH]n2)cc(-c2nnn[n-]2)c1. The summed E-state index contributed by atoms with van der Waals surface area (Å²) in [5, 5.41) is 84.2. The largest absolute Gasteiger partial charge is 3.00 e. The van der Waals surface area contributed by atoms with Gasteiger partial charge in [0, 0.05) is 34.2 Å². The van der Waals surface area contributed by atoms with Gasteiger partial charge < -0.3 is 114 Å². The zero-order valence-corrected chi connectivity index (χ0v) is 37.8. The van der Waals surface area contributed by atoms with E-state index in [0.29, 0.717) is 34.9 Å². The van der Waals surface area contributed by atoms with Gasteiger partial charge in [0.1, 0.15) is 0 Å². The van der Waals surface area contributed by atoms with Gasteiger partial charge in [-0.2, -0.15) is 31.3 Å². The number of tetrazole rings is 6. The van der Waals surface area contributed by atoms with Crippen LogP contribution in [0.5, 0.6) is 0 Å². The van der Waals surface area contributed by atoms with Crippen molar-refractivity contribution in [2.24, 2.45) is 0 Å². The Kier molecular flexibility index (Phi) is 65.8. The molecule has 0 saturated heterocycles. The number of nitrogens with zero attached hydrogens (tertiary/aromatic N) is 21. The maximum Gasteiger partial charge on any atom is 3.00 e. The molecule has 0 saturated carbocycles. The summed E-state index contributed by atoms with van der Waals surface area (Å²) in [5.41, 5.74) is 4.93. The molecule has 378 valence electrons. The summed E-state index contributed by atoms with van der Waals surface area (Å²) >= 11 is 0. The molecule has 3 aromatic carbocycles. The first-order valence-corrected chi connectivity index (χ1v) is 13.4. The van der Waals surface area contributed by atoms with Crippen LogP contribution in [0.25, 0.3) is 68.3 Å². The van der Waals surface area contributed by atoms with Crippen molar-refractivity contribution in [2.75, 3.05) is 0 Å². The van der Waals surface area contributed by atoms with Crippen molar-refractivity contribution in [3.05, 3.63) is 72.8 Å². The molecule has 0 unspecified atom stereocenters. The van der Waals surface area contributed by atoms with Crippen molar-refractivity contribution in [2.45, 2.75) is 0 Å². The van der Waals surface area contributed by atoms with Gasteiger partial charge in [0.25, 0.3) is 0 Å². The van der Waals surface area contributed by atoms with Gasteiger partial charge in [0.15, 0.2) is 0 Å². The number of rotatable bonds is 6. The summed E-state index contributed by atoms with van der Waals surface area (Å²) in [6.45, 7) is 0. The Bertz CT molecular complexity index is 1880. The van der Waals surface area contributed by atoms with Crippen molar-refractivity contribution < 1.29 is 140 Å². The Hall–Kier alpha value is -7.28. The third-order valence-electron chi connectivity index (χ3n) is 6.13. The van der Waals surface area contributed by atoms with Crippen LogP contribution in [0.15, 0.2) is 72.8 Å². The zero-order valence-electron chi connectivity index (χ0n) is 34.1. The molecule has 42 nitrogen and oxygen atoms in total. The van der Waals surface area contributed by atoms with Crippen molar-refractivity contribution in [1.29, 1.82) is 0 Å². The number of nitrogens with one attached hydrogen (secondary N) is 3. The van der Waals surface area contributed by atoms with Gasteiger partial charge in [-0.05, 0) is 50.5 Å². The van der Waals surface area contributed by atoms with E-state index in [0.717, 1.165) is 33.4 Å². The van der Waals surface area contributed by atoms with E-state index in [1.165, 1.54) is 0 Å². The predicted octanol–water partition coefficient (Wildman–Crippen LogP) is -16.7. The fraction of sp³-hybridized carbons (Fsp3) is 0. The Morgan fingerprint density at radius 1 is 0.313 bits per heavy atom. The van der Waals surface area contributed by atoms with Crippen molar-refractivity contribution in [1.82, 2.24) is 124 Å². The summed E-state index contributed by atoms with van der Waals surface area (Å²) < 4.78 is 0. The Balaban J connectivity index is -0.0000000520. The molecule has 6 heterocycles. The summed E-state index contributed by atoms with van der Waals surface area (Å²) in [6.07, 6.45) is 0. The van der Waals surface area contributed by atoms with E-state index in [9.17, 15) is 0 Å². The fourth-order valence-electron chi connectivity index (χ4n) is 4.02. The van der Waals surface area contributed by atoms with Crippen LogP contribution in [0.3, 0.4) is 0 Å². The topological polar surface area (TPSA) is 902 Å². The second kappa shape index (κ2) is 46.7. The van der Waals surface area contributed by atoms with E-state index >= 15 is 0 Å². The van der Waals surface area contributed by atoms with E-state index in [-0.39, 0.29) is 140 Å². The van der Waals surface area contributed by atoms with E-state index in [1.807, 2.05) is 72.8 Å². The van der Waals surface area contributed by atoms with E-state index < -0.39 is 0 Å². The van der Waals surface area contributed by atoms with Crippen molar-refractivity contribution >= 4 is 0 Å². The normalized spacial score (nSPS) is 7.52. The van der Waals surface area contributed by atoms with Gasteiger partial charge in [-0.3, -0.25) is 30.9 Å². The maximum atomic E-state index is 3.89. The van der Waals surface area contributed by atoms with Crippen LogP contribution in [-0.4, -0.2) is 158 Å². The molecule has 6 aromatic heterocycles. The molecule has 9 aromatic rings. The number of aromatic nitrogens is 24. The quantitative estimate of drug-likeness (QED) is 0.130. The number of H-pyrrole nitrogens is 3. The standard InChI is InChI=1S/3C8H5N8.18H2O.Pr/c3*1-2-5(7-9-13-14-10-7)4-6(3-1)8-11-15-16-12-8;;;;;;;;;;;;;;;;;;;/h3*1-4H,(H-,9,10,11,12,13,14,15,16);18*1H2;/q3*-1;;;;;;;;;;;;;;;;;;;+3/p+9. The van der Waals surface area contributed by atoms with E-state index in [2.05, 4.69) is 124 Å². The molecule has 0 radical (unpaired) electrons. The first-order chi connectivity index (χ1) is 23.8. The average Bonchev–Trinajstić information content (AvgIpc) is 4.02. The zero-order chi connectivity index (χ0) is 32.4. The summed E-state index contributed by atoms with van der Waals surface area (Å²) in [4.78, 5) is 0. The van der Waals surface area contributed by atoms with Crippen LogP contribution in [0.1, 0.15) is 0 Å². The van der Waals surface area contributed by atoms with Crippen LogP contribution < -0.4 is 15.3 Å². The first-order valence-electron chi connectivity index (χ1n) is 13.4. The Morgan fingerprint density at radius 2 is 0.537 bits per heavy atom. The minimum Gasteiger partial charge on any atom is -0.457 e. The average molecular weight is 1110 g/mol. The van der Waals surface area contributed by atoms with E-state index in [4.69, 9.17) is 0 Å². The van der Waals surface area contributed by atoms with Gasteiger partial charge in [0.2, 0.25) is 17.5 Å². The van der Waals surface area contributed by atoms with Gasteiger partial charge in [-0.1, -0.05) is 54.6 Å². The molecule has 0 aliphatic carbocycles. The number of benzene rings is 3.